The topological polar surface area (TPSA) is 49.3 Å². The molecule has 0 aliphatic heterocycles. The van der Waals surface area contributed by atoms with Crippen LogP contribution in [0.25, 0.3) is 6.08 Å². The van der Waals surface area contributed by atoms with Gasteiger partial charge in [-0.05, 0) is 25.5 Å². The van der Waals surface area contributed by atoms with Crippen molar-refractivity contribution >= 4 is 17.7 Å². The number of aryl methyl sites for hydroxylation is 1. The Hall–Kier alpha value is -1.77. The van der Waals surface area contributed by atoms with Crippen LogP contribution in [0.2, 0.25) is 0 Å². The zero-order valence-corrected chi connectivity index (χ0v) is 11.2. The fourth-order valence-electron chi connectivity index (χ4n) is 1.55. The number of carboxylic acids is 1. The highest BCUT2D eigenvalue weighted by atomic mass is 16.4. The Morgan fingerprint density at radius 3 is 2.35 bits per heavy atom. The summed E-state index contributed by atoms with van der Waals surface area (Å²) in [5.74, 6) is -0.912. The second kappa shape index (κ2) is 7.49. The van der Waals surface area contributed by atoms with Gasteiger partial charge in [-0.15, -0.1) is 0 Å². The van der Waals surface area contributed by atoms with Crippen molar-refractivity contribution in [2.75, 3.05) is 12.4 Å². The number of rotatable bonds is 3. The Bertz CT molecular complexity index is 409. The monoisotopic (exact) mass is 235 g/mol. The van der Waals surface area contributed by atoms with E-state index < -0.39 is 5.97 Å². The maximum atomic E-state index is 11.0. The summed E-state index contributed by atoms with van der Waals surface area (Å²) in [7, 11) is 1.73. The van der Waals surface area contributed by atoms with Crippen LogP contribution in [-0.2, 0) is 0 Å². The van der Waals surface area contributed by atoms with Gasteiger partial charge < -0.3 is 10.4 Å². The summed E-state index contributed by atoms with van der Waals surface area (Å²) in [6.45, 7) is 7.87. The van der Waals surface area contributed by atoms with Gasteiger partial charge in [0.1, 0.15) is 0 Å². The first kappa shape index (κ1) is 15.2. The van der Waals surface area contributed by atoms with Crippen molar-refractivity contribution in [3.05, 3.63) is 34.9 Å². The minimum Gasteiger partial charge on any atom is -0.478 e. The molecule has 1 rings (SSSR count). The maximum Gasteiger partial charge on any atom is 0.337 e. The number of hydrogen-bond acceptors (Lipinski definition) is 2. The predicted molar refractivity (Wildman–Crippen MR) is 73.7 cm³/mol. The third-order valence-electron chi connectivity index (χ3n) is 2.28. The van der Waals surface area contributed by atoms with Crippen molar-refractivity contribution in [3.8, 4) is 0 Å². The molecule has 3 heteroatoms. The zero-order valence-electron chi connectivity index (χ0n) is 11.2. The van der Waals surface area contributed by atoms with Crippen LogP contribution in [0.1, 0.15) is 42.3 Å². The zero-order chi connectivity index (χ0) is 13.4. The van der Waals surface area contributed by atoms with Crippen molar-refractivity contribution in [2.45, 2.75) is 27.7 Å². The van der Waals surface area contributed by atoms with E-state index in [1.54, 1.807) is 13.1 Å². The lowest BCUT2D eigenvalue weighted by atomic mass is 10.0. The molecule has 3 nitrogen and oxygen atoms in total. The Labute approximate surface area is 103 Å². The summed E-state index contributed by atoms with van der Waals surface area (Å²) < 4.78 is 0. The van der Waals surface area contributed by atoms with Crippen LogP contribution in [-0.4, -0.2) is 18.1 Å². The quantitative estimate of drug-likeness (QED) is 0.838. The molecule has 0 spiro atoms. The molecule has 0 fully saturated rings. The normalized spacial score (nSPS) is 9.71. The van der Waals surface area contributed by atoms with Gasteiger partial charge in [0.2, 0.25) is 0 Å². The molecular weight excluding hydrogens is 214 g/mol. The van der Waals surface area contributed by atoms with Gasteiger partial charge in [-0.25, -0.2) is 4.79 Å². The van der Waals surface area contributed by atoms with Gasteiger partial charge in [0, 0.05) is 12.6 Å². The fraction of sp³-hybridized carbons (Fsp3) is 0.357. The number of anilines is 1. The molecule has 0 aliphatic rings. The fourth-order valence-corrected chi connectivity index (χ4v) is 1.55. The van der Waals surface area contributed by atoms with Crippen molar-refractivity contribution in [1.82, 2.24) is 0 Å². The molecule has 0 heterocycles. The molecule has 0 amide bonds. The van der Waals surface area contributed by atoms with Crippen molar-refractivity contribution in [2.24, 2.45) is 0 Å². The molecule has 0 saturated carbocycles. The van der Waals surface area contributed by atoms with E-state index in [1.165, 1.54) is 0 Å². The van der Waals surface area contributed by atoms with Gasteiger partial charge in [0.15, 0.2) is 0 Å². The minimum absolute atomic E-state index is 0.302. The van der Waals surface area contributed by atoms with Gasteiger partial charge in [0.25, 0.3) is 0 Å². The van der Waals surface area contributed by atoms with Gasteiger partial charge in [-0.2, -0.15) is 0 Å². The summed E-state index contributed by atoms with van der Waals surface area (Å²) in [6.07, 6.45) is 3.81. The van der Waals surface area contributed by atoms with Gasteiger partial charge in [0.05, 0.1) is 11.3 Å². The molecule has 1 aromatic carbocycles. The first-order valence-electron chi connectivity index (χ1n) is 5.79. The highest BCUT2D eigenvalue weighted by Crippen LogP contribution is 2.25. The second-order valence-electron chi connectivity index (χ2n) is 3.27. The minimum atomic E-state index is -0.912. The van der Waals surface area contributed by atoms with E-state index in [0.29, 0.717) is 11.3 Å². The number of allylic oxidation sites excluding steroid dienone is 1. The standard InChI is InChI=1S/C12H15NO2.C2H6/c1-4-5-9-8(2)6-7-10(12(14)15)11(9)13-3;1-2/h4-7,13H,1-3H3,(H,14,15);1-2H3/b5-4-;. The number of hydrogen-bond donors (Lipinski definition) is 2. The van der Waals surface area contributed by atoms with Crippen LogP contribution in [0.3, 0.4) is 0 Å². The molecule has 0 bridgehead atoms. The molecule has 17 heavy (non-hydrogen) atoms. The van der Waals surface area contributed by atoms with Crippen LogP contribution in [0.15, 0.2) is 18.2 Å². The number of aromatic carboxylic acids is 1. The van der Waals surface area contributed by atoms with Gasteiger partial charge in [-0.1, -0.05) is 32.1 Å². The third-order valence-corrected chi connectivity index (χ3v) is 2.28. The average molecular weight is 235 g/mol. The first-order chi connectivity index (χ1) is 8.11. The van der Waals surface area contributed by atoms with E-state index in [0.717, 1.165) is 11.1 Å². The lowest BCUT2D eigenvalue weighted by Crippen LogP contribution is -2.05. The molecule has 0 radical (unpaired) electrons. The molecular formula is C14H21NO2. The van der Waals surface area contributed by atoms with Gasteiger partial charge >= 0.3 is 5.97 Å². The largest absolute Gasteiger partial charge is 0.478 e. The molecule has 2 N–H and O–H groups in total. The first-order valence-corrected chi connectivity index (χ1v) is 5.79. The summed E-state index contributed by atoms with van der Waals surface area (Å²) in [4.78, 5) is 11.0. The average Bonchev–Trinajstić information content (AvgIpc) is 2.33. The van der Waals surface area contributed by atoms with Crippen LogP contribution < -0.4 is 5.32 Å². The molecule has 0 atom stereocenters. The molecule has 0 aliphatic carbocycles. The molecule has 94 valence electrons. The summed E-state index contributed by atoms with van der Waals surface area (Å²) in [5, 5.41) is 12.0. The Morgan fingerprint density at radius 1 is 1.35 bits per heavy atom. The molecule has 0 saturated heterocycles. The Balaban J connectivity index is 0.00000121. The van der Waals surface area contributed by atoms with Crippen LogP contribution in [0.5, 0.6) is 0 Å². The lowest BCUT2D eigenvalue weighted by molar-refractivity contribution is 0.0698. The molecule has 0 aromatic heterocycles. The summed E-state index contributed by atoms with van der Waals surface area (Å²) in [6, 6.07) is 3.44. The van der Waals surface area contributed by atoms with E-state index in [1.807, 2.05) is 45.9 Å². The highest BCUT2D eigenvalue weighted by molar-refractivity contribution is 5.97. The van der Waals surface area contributed by atoms with Crippen molar-refractivity contribution < 1.29 is 9.90 Å². The number of nitrogens with one attached hydrogen (secondary N) is 1. The van der Waals surface area contributed by atoms with E-state index in [4.69, 9.17) is 5.11 Å². The van der Waals surface area contributed by atoms with E-state index >= 15 is 0 Å². The Morgan fingerprint density at radius 2 is 1.94 bits per heavy atom. The van der Waals surface area contributed by atoms with Crippen LogP contribution in [0, 0.1) is 6.92 Å². The number of benzene rings is 1. The smallest absolute Gasteiger partial charge is 0.337 e. The SMILES string of the molecule is C/C=C\c1c(C)ccc(C(=O)O)c1NC.CC. The molecule has 0 unspecified atom stereocenters. The highest BCUT2D eigenvalue weighted by Gasteiger charge is 2.12. The summed E-state index contributed by atoms with van der Waals surface area (Å²) >= 11 is 0. The van der Waals surface area contributed by atoms with Crippen molar-refractivity contribution in [1.29, 1.82) is 0 Å². The van der Waals surface area contributed by atoms with Crippen LogP contribution >= 0.6 is 0 Å². The second-order valence-corrected chi connectivity index (χ2v) is 3.27. The van der Waals surface area contributed by atoms with Gasteiger partial charge in [-0.3, -0.25) is 0 Å². The van der Waals surface area contributed by atoms with E-state index in [2.05, 4.69) is 5.32 Å². The Kier molecular flexibility index (Phi) is 6.71. The number of carbonyl (C=O) groups is 1. The molecule has 1 aromatic rings. The lowest BCUT2D eigenvalue weighted by Gasteiger charge is -2.11. The third kappa shape index (κ3) is 3.63. The summed E-state index contributed by atoms with van der Waals surface area (Å²) in [5.41, 5.74) is 2.96. The van der Waals surface area contributed by atoms with Crippen LogP contribution in [0.4, 0.5) is 5.69 Å². The predicted octanol–water partition coefficient (Wildman–Crippen LogP) is 3.79. The van der Waals surface area contributed by atoms with E-state index in [9.17, 15) is 4.79 Å². The maximum absolute atomic E-state index is 11.0. The van der Waals surface area contributed by atoms with E-state index in [-0.39, 0.29) is 0 Å². The van der Waals surface area contributed by atoms with Crippen molar-refractivity contribution in [3.63, 3.8) is 0 Å². The number of carboxylic acid groups (broad SMARTS) is 1.